The number of rotatable bonds is 3. The molecule has 2 heteroatoms. The molecule has 19 heavy (non-hydrogen) atoms. The summed E-state index contributed by atoms with van der Waals surface area (Å²) in [7, 11) is 0. The van der Waals surface area contributed by atoms with Gasteiger partial charge in [0.15, 0.2) is 0 Å². The van der Waals surface area contributed by atoms with Crippen LogP contribution in [0.1, 0.15) is 53.5 Å². The van der Waals surface area contributed by atoms with Crippen molar-refractivity contribution in [1.82, 2.24) is 4.98 Å². The largest absolute Gasteiger partial charge is 0.245 e. The molecule has 1 saturated carbocycles. The van der Waals surface area contributed by atoms with Crippen molar-refractivity contribution in [1.29, 1.82) is 0 Å². The van der Waals surface area contributed by atoms with Crippen molar-refractivity contribution in [3.8, 4) is 0 Å². The molecule has 0 atom stereocenters. The van der Waals surface area contributed by atoms with E-state index in [1.165, 1.54) is 42.5 Å². The molecule has 0 amide bonds. The second kappa shape index (κ2) is 6.16. The topological polar surface area (TPSA) is 12.9 Å². The fraction of sp³-hybridized carbons (Fsp3) is 0.353. The van der Waals surface area contributed by atoms with E-state index in [-0.39, 0.29) is 0 Å². The van der Waals surface area contributed by atoms with E-state index in [9.17, 15) is 0 Å². The molecule has 0 aliphatic heterocycles. The summed E-state index contributed by atoms with van der Waals surface area (Å²) >= 11 is 1.86. The Morgan fingerprint density at radius 3 is 2.58 bits per heavy atom. The minimum Gasteiger partial charge on any atom is -0.245 e. The highest BCUT2D eigenvalue weighted by Gasteiger charge is 2.17. The van der Waals surface area contributed by atoms with Crippen molar-refractivity contribution >= 4 is 23.5 Å². The van der Waals surface area contributed by atoms with E-state index in [0.29, 0.717) is 0 Å². The fourth-order valence-corrected chi connectivity index (χ4v) is 3.68. The quantitative estimate of drug-likeness (QED) is 0.730. The second-order valence-electron chi connectivity index (χ2n) is 5.18. The third kappa shape index (κ3) is 3.32. The molecule has 0 radical (unpaired) electrons. The van der Waals surface area contributed by atoms with Gasteiger partial charge in [-0.1, -0.05) is 55.7 Å². The van der Waals surface area contributed by atoms with Crippen LogP contribution in [0.3, 0.4) is 0 Å². The lowest BCUT2D eigenvalue weighted by Gasteiger charge is -2.19. The molecule has 1 aliphatic carbocycles. The third-order valence-corrected chi connectivity index (χ3v) is 4.89. The van der Waals surface area contributed by atoms with E-state index >= 15 is 0 Å². The van der Waals surface area contributed by atoms with E-state index in [1.54, 1.807) is 0 Å². The van der Waals surface area contributed by atoms with Crippen LogP contribution in [-0.4, -0.2) is 4.98 Å². The molecule has 1 fully saturated rings. The van der Waals surface area contributed by atoms with Gasteiger partial charge in [0, 0.05) is 11.1 Å². The first kappa shape index (κ1) is 12.6. The molecule has 1 aromatic carbocycles. The van der Waals surface area contributed by atoms with Crippen LogP contribution in [0, 0.1) is 0 Å². The molecule has 0 spiro atoms. The van der Waals surface area contributed by atoms with Gasteiger partial charge in [-0.25, -0.2) is 4.98 Å². The molecule has 0 saturated heterocycles. The van der Waals surface area contributed by atoms with Gasteiger partial charge >= 0.3 is 0 Å². The molecule has 1 aliphatic rings. The highest BCUT2D eigenvalue weighted by molar-refractivity contribution is 7.12. The average Bonchev–Trinajstić information content (AvgIpc) is 2.96. The molecular formula is C17H19NS. The predicted molar refractivity (Wildman–Crippen MR) is 83.3 cm³/mol. The number of hydrogen-bond donors (Lipinski definition) is 0. The lowest BCUT2D eigenvalue weighted by Crippen LogP contribution is -2.02. The zero-order valence-electron chi connectivity index (χ0n) is 11.1. The van der Waals surface area contributed by atoms with Crippen LogP contribution in [0.5, 0.6) is 0 Å². The Kier molecular flexibility index (Phi) is 4.09. The van der Waals surface area contributed by atoms with Gasteiger partial charge in [-0.05, 0) is 30.4 Å². The molecule has 0 unspecified atom stereocenters. The first-order chi connectivity index (χ1) is 9.42. The summed E-state index contributed by atoms with van der Waals surface area (Å²) in [6.45, 7) is 0. The normalized spacial score (nSPS) is 17.1. The van der Waals surface area contributed by atoms with E-state index in [1.807, 2.05) is 17.4 Å². The van der Waals surface area contributed by atoms with Gasteiger partial charge in [-0.2, -0.15) is 0 Å². The van der Waals surface area contributed by atoms with E-state index in [0.717, 1.165) is 10.9 Å². The van der Waals surface area contributed by atoms with Crippen molar-refractivity contribution in [3.05, 3.63) is 52.0 Å². The SMILES string of the molecule is C(=Cc1ncc(C2CCCCC2)s1)c1ccccc1. The summed E-state index contributed by atoms with van der Waals surface area (Å²) in [6, 6.07) is 10.4. The molecule has 2 aromatic rings. The summed E-state index contributed by atoms with van der Waals surface area (Å²) in [5.41, 5.74) is 1.23. The maximum absolute atomic E-state index is 4.54. The Morgan fingerprint density at radius 1 is 1.00 bits per heavy atom. The zero-order chi connectivity index (χ0) is 12.9. The average molecular weight is 269 g/mol. The van der Waals surface area contributed by atoms with Gasteiger partial charge in [0.2, 0.25) is 0 Å². The lowest BCUT2D eigenvalue weighted by molar-refractivity contribution is 0.448. The summed E-state index contributed by atoms with van der Waals surface area (Å²) < 4.78 is 0. The van der Waals surface area contributed by atoms with Crippen LogP contribution >= 0.6 is 11.3 Å². The van der Waals surface area contributed by atoms with Crippen LogP contribution in [0.2, 0.25) is 0 Å². The monoisotopic (exact) mass is 269 g/mol. The summed E-state index contributed by atoms with van der Waals surface area (Å²) in [5, 5.41) is 1.13. The smallest absolute Gasteiger partial charge is 0.116 e. The highest BCUT2D eigenvalue weighted by Crippen LogP contribution is 2.35. The van der Waals surface area contributed by atoms with E-state index in [2.05, 4.69) is 47.6 Å². The molecule has 3 rings (SSSR count). The molecule has 0 bridgehead atoms. The van der Waals surface area contributed by atoms with Crippen LogP contribution in [0.25, 0.3) is 12.2 Å². The Labute approximate surface area is 119 Å². The van der Waals surface area contributed by atoms with Crippen LogP contribution in [-0.2, 0) is 0 Å². The number of aromatic nitrogens is 1. The van der Waals surface area contributed by atoms with Crippen molar-refractivity contribution < 1.29 is 0 Å². The molecule has 0 N–H and O–H groups in total. The third-order valence-electron chi connectivity index (χ3n) is 3.77. The first-order valence-electron chi connectivity index (χ1n) is 7.11. The molecule has 1 heterocycles. The fourth-order valence-electron chi connectivity index (χ4n) is 2.69. The zero-order valence-corrected chi connectivity index (χ0v) is 11.9. The maximum atomic E-state index is 4.54. The Morgan fingerprint density at radius 2 is 1.79 bits per heavy atom. The highest BCUT2D eigenvalue weighted by atomic mass is 32.1. The van der Waals surface area contributed by atoms with Gasteiger partial charge in [0.05, 0.1) is 0 Å². The summed E-state index contributed by atoms with van der Waals surface area (Å²) in [6.07, 6.45) is 13.3. The van der Waals surface area contributed by atoms with Gasteiger partial charge in [-0.15, -0.1) is 11.3 Å². The van der Waals surface area contributed by atoms with Gasteiger partial charge in [0.25, 0.3) is 0 Å². The Balaban J connectivity index is 1.69. The number of benzene rings is 1. The number of nitrogens with zero attached hydrogens (tertiary/aromatic N) is 1. The molecule has 98 valence electrons. The van der Waals surface area contributed by atoms with E-state index < -0.39 is 0 Å². The number of hydrogen-bond acceptors (Lipinski definition) is 2. The van der Waals surface area contributed by atoms with Crippen LogP contribution in [0.15, 0.2) is 36.5 Å². The van der Waals surface area contributed by atoms with Crippen molar-refractivity contribution in [2.45, 2.75) is 38.0 Å². The molecule has 1 nitrogen and oxygen atoms in total. The van der Waals surface area contributed by atoms with Crippen molar-refractivity contribution in [3.63, 3.8) is 0 Å². The van der Waals surface area contributed by atoms with Crippen LogP contribution < -0.4 is 0 Å². The van der Waals surface area contributed by atoms with Gasteiger partial charge in [0.1, 0.15) is 5.01 Å². The summed E-state index contributed by atoms with van der Waals surface area (Å²) in [5.74, 6) is 0.769. The molecular weight excluding hydrogens is 250 g/mol. The minimum atomic E-state index is 0.769. The Hall–Kier alpha value is -1.41. The lowest BCUT2D eigenvalue weighted by atomic mass is 9.89. The van der Waals surface area contributed by atoms with Crippen molar-refractivity contribution in [2.24, 2.45) is 0 Å². The predicted octanol–water partition coefficient (Wildman–Crippen LogP) is 5.36. The maximum Gasteiger partial charge on any atom is 0.116 e. The van der Waals surface area contributed by atoms with Crippen molar-refractivity contribution in [2.75, 3.05) is 0 Å². The van der Waals surface area contributed by atoms with Gasteiger partial charge < -0.3 is 0 Å². The summed E-state index contributed by atoms with van der Waals surface area (Å²) in [4.78, 5) is 6.02. The standard InChI is InChI=1S/C17H19NS/c1-3-7-14(8-4-1)11-12-17-18-13-16(19-17)15-9-5-2-6-10-15/h1,3-4,7-8,11-13,15H,2,5-6,9-10H2. The Bertz CT molecular complexity index is 535. The van der Waals surface area contributed by atoms with E-state index in [4.69, 9.17) is 0 Å². The van der Waals surface area contributed by atoms with Gasteiger partial charge in [-0.3, -0.25) is 0 Å². The first-order valence-corrected chi connectivity index (χ1v) is 7.92. The minimum absolute atomic E-state index is 0.769. The second-order valence-corrected chi connectivity index (χ2v) is 6.27. The number of thiazole rings is 1. The molecule has 1 aromatic heterocycles. The van der Waals surface area contributed by atoms with Crippen LogP contribution in [0.4, 0.5) is 0 Å².